The summed E-state index contributed by atoms with van der Waals surface area (Å²) in [4.78, 5) is 25.0. The first-order valence-corrected chi connectivity index (χ1v) is 5.40. The number of H-pyrrole nitrogens is 1. The van der Waals surface area contributed by atoms with Crippen LogP contribution in [0.2, 0.25) is 0 Å². The minimum atomic E-state index is -0.650. The molecule has 0 radical (unpaired) electrons. The summed E-state index contributed by atoms with van der Waals surface area (Å²) >= 11 is 0. The average Bonchev–Trinajstić information content (AvgIpc) is 2.35. The second-order valence-corrected chi connectivity index (χ2v) is 3.97. The van der Waals surface area contributed by atoms with E-state index in [2.05, 4.69) is 4.98 Å². The number of aromatic amines is 1. The predicted molar refractivity (Wildman–Crippen MR) is 66.3 cm³/mol. The maximum Gasteiger partial charge on any atom is 0.328 e. The average molecular weight is 241 g/mol. The lowest BCUT2D eigenvalue weighted by Crippen LogP contribution is -2.31. The van der Waals surface area contributed by atoms with Crippen molar-refractivity contribution in [3.05, 3.63) is 68.0 Å². The number of aryl methyl sites for hydroxylation is 1. The second-order valence-electron chi connectivity index (χ2n) is 3.97. The summed E-state index contributed by atoms with van der Waals surface area (Å²) in [7, 11) is 0. The molecule has 18 heavy (non-hydrogen) atoms. The molecule has 0 atom stereocenters. The van der Waals surface area contributed by atoms with E-state index in [1.807, 2.05) is 31.2 Å². The Morgan fingerprint density at radius 1 is 1.33 bits per heavy atom. The Hall–Kier alpha value is -2.61. The van der Waals surface area contributed by atoms with Crippen molar-refractivity contribution in [1.82, 2.24) is 9.55 Å². The highest BCUT2D eigenvalue weighted by molar-refractivity contribution is 5.27. The van der Waals surface area contributed by atoms with Gasteiger partial charge in [-0.2, -0.15) is 5.26 Å². The first kappa shape index (κ1) is 11.9. The largest absolute Gasteiger partial charge is 0.328 e. The van der Waals surface area contributed by atoms with E-state index in [-0.39, 0.29) is 5.56 Å². The highest BCUT2D eigenvalue weighted by Gasteiger charge is 2.05. The molecule has 1 aromatic heterocycles. The Balaban J connectivity index is 2.48. The van der Waals surface area contributed by atoms with E-state index in [4.69, 9.17) is 5.26 Å². The lowest BCUT2D eigenvalue weighted by molar-refractivity contribution is 0.714. The summed E-state index contributed by atoms with van der Waals surface area (Å²) in [6, 6.07) is 9.39. The third-order valence-corrected chi connectivity index (χ3v) is 2.73. The van der Waals surface area contributed by atoms with Crippen molar-refractivity contribution >= 4 is 0 Å². The Morgan fingerprint density at radius 3 is 2.72 bits per heavy atom. The number of hydrogen-bond donors (Lipinski definition) is 1. The monoisotopic (exact) mass is 241 g/mol. The van der Waals surface area contributed by atoms with Crippen molar-refractivity contribution in [3.63, 3.8) is 0 Å². The van der Waals surface area contributed by atoms with Crippen molar-refractivity contribution in [2.45, 2.75) is 13.5 Å². The number of nitrogens with zero attached hydrogens (tertiary/aromatic N) is 2. The molecule has 0 saturated carbocycles. The molecule has 5 nitrogen and oxygen atoms in total. The molecule has 0 unspecified atom stereocenters. The van der Waals surface area contributed by atoms with Crippen LogP contribution < -0.4 is 11.2 Å². The molecule has 2 aromatic rings. The Kier molecular flexibility index (Phi) is 3.11. The zero-order chi connectivity index (χ0) is 13.1. The highest BCUT2D eigenvalue weighted by atomic mass is 16.2. The van der Waals surface area contributed by atoms with Gasteiger partial charge in [0.1, 0.15) is 11.6 Å². The fraction of sp³-hybridized carbons (Fsp3) is 0.154. The SMILES string of the molecule is Cc1ccccc1Cn1cc(C#N)c(=O)[nH]c1=O. The minimum absolute atomic E-state index is 0.0665. The molecule has 1 aromatic carbocycles. The third kappa shape index (κ3) is 2.23. The molecule has 0 aliphatic rings. The molecule has 0 spiro atoms. The van der Waals surface area contributed by atoms with E-state index in [0.29, 0.717) is 6.54 Å². The first-order valence-electron chi connectivity index (χ1n) is 5.40. The predicted octanol–water partition coefficient (Wildman–Crippen LogP) is 0.765. The van der Waals surface area contributed by atoms with E-state index < -0.39 is 11.2 Å². The molecule has 1 heterocycles. The molecule has 5 heteroatoms. The normalized spacial score (nSPS) is 10.0. The number of nitriles is 1. The van der Waals surface area contributed by atoms with Crippen molar-refractivity contribution in [3.8, 4) is 6.07 Å². The topological polar surface area (TPSA) is 78.7 Å². The fourth-order valence-corrected chi connectivity index (χ4v) is 1.68. The first-order chi connectivity index (χ1) is 8.61. The molecule has 0 aliphatic heterocycles. The maximum absolute atomic E-state index is 11.6. The lowest BCUT2D eigenvalue weighted by atomic mass is 10.1. The molecule has 2 rings (SSSR count). The molecular weight excluding hydrogens is 230 g/mol. The van der Waals surface area contributed by atoms with Crippen LogP contribution in [0.5, 0.6) is 0 Å². The van der Waals surface area contributed by atoms with Crippen molar-refractivity contribution in [1.29, 1.82) is 5.26 Å². The third-order valence-electron chi connectivity index (χ3n) is 2.73. The van der Waals surface area contributed by atoms with Gasteiger partial charge in [-0.15, -0.1) is 0 Å². The van der Waals surface area contributed by atoms with E-state index in [1.165, 1.54) is 10.8 Å². The van der Waals surface area contributed by atoms with Crippen LogP contribution in [0.1, 0.15) is 16.7 Å². The van der Waals surface area contributed by atoms with Gasteiger partial charge in [-0.25, -0.2) is 4.79 Å². The standard InChI is InChI=1S/C13H11N3O2/c1-9-4-2-3-5-10(9)7-16-8-11(6-14)12(17)15-13(16)18/h2-5,8H,7H2,1H3,(H,15,17,18). The lowest BCUT2D eigenvalue weighted by Gasteiger charge is -2.07. The second kappa shape index (κ2) is 4.72. The van der Waals surface area contributed by atoms with Crippen molar-refractivity contribution in [2.24, 2.45) is 0 Å². The van der Waals surface area contributed by atoms with Gasteiger partial charge in [-0.3, -0.25) is 14.3 Å². The quantitative estimate of drug-likeness (QED) is 0.843. The Bertz CT molecular complexity index is 735. The van der Waals surface area contributed by atoms with Gasteiger partial charge in [0.15, 0.2) is 0 Å². The van der Waals surface area contributed by atoms with E-state index >= 15 is 0 Å². The summed E-state index contributed by atoms with van der Waals surface area (Å²) in [5, 5.41) is 8.77. The molecule has 1 N–H and O–H groups in total. The molecular formula is C13H11N3O2. The molecule has 0 saturated heterocycles. The summed E-state index contributed by atoms with van der Waals surface area (Å²) in [5.41, 5.74) is 0.790. The van der Waals surface area contributed by atoms with Crippen LogP contribution in [0.4, 0.5) is 0 Å². The highest BCUT2D eigenvalue weighted by Crippen LogP contribution is 2.07. The summed E-state index contributed by atoms with van der Waals surface area (Å²) in [6.45, 7) is 2.27. The maximum atomic E-state index is 11.6. The van der Waals surface area contributed by atoms with Gasteiger partial charge in [0, 0.05) is 6.20 Å². The zero-order valence-electron chi connectivity index (χ0n) is 9.80. The van der Waals surface area contributed by atoms with Crippen LogP contribution in [0, 0.1) is 18.3 Å². The van der Waals surface area contributed by atoms with Crippen LogP contribution in [0.15, 0.2) is 40.1 Å². The van der Waals surface area contributed by atoms with Gasteiger partial charge in [0.05, 0.1) is 6.54 Å². The van der Waals surface area contributed by atoms with Crippen LogP contribution >= 0.6 is 0 Å². The van der Waals surface area contributed by atoms with Crippen LogP contribution in [0.3, 0.4) is 0 Å². The minimum Gasteiger partial charge on any atom is -0.295 e. The summed E-state index contributed by atoms with van der Waals surface area (Å²) in [6.07, 6.45) is 1.29. The molecule has 0 aliphatic carbocycles. The molecule has 0 fully saturated rings. The van der Waals surface area contributed by atoms with Gasteiger partial charge in [0.2, 0.25) is 0 Å². The number of aromatic nitrogens is 2. The van der Waals surface area contributed by atoms with E-state index in [0.717, 1.165) is 11.1 Å². The van der Waals surface area contributed by atoms with Gasteiger partial charge in [-0.1, -0.05) is 24.3 Å². The number of benzene rings is 1. The summed E-state index contributed by atoms with van der Waals surface area (Å²) < 4.78 is 1.32. The molecule has 90 valence electrons. The zero-order valence-corrected chi connectivity index (χ0v) is 9.80. The Morgan fingerprint density at radius 2 is 2.06 bits per heavy atom. The number of hydrogen-bond acceptors (Lipinski definition) is 3. The van der Waals surface area contributed by atoms with E-state index in [9.17, 15) is 9.59 Å². The van der Waals surface area contributed by atoms with E-state index in [1.54, 1.807) is 6.07 Å². The van der Waals surface area contributed by atoms with Crippen LogP contribution in [-0.2, 0) is 6.54 Å². The number of rotatable bonds is 2. The van der Waals surface area contributed by atoms with Gasteiger partial charge in [0.25, 0.3) is 5.56 Å². The van der Waals surface area contributed by atoms with Crippen LogP contribution in [-0.4, -0.2) is 9.55 Å². The molecule has 0 amide bonds. The smallest absolute Gasteiger partial charge is 0.295 e. The van der Waals surface area contributed by atoms with Gasteiger partial charge >= 0.3 is 5.69 Å². The number of nitrogens with one attached hydrogen (secondary N) is 1. The summed E-state index contributed by atoms with van der Waals surface area (Å²) in [5.74, 6) is 0. The van der Waals surface area contributed by atoms with Gasteiger partial charge < -0.3 is 0 Å². The fourth-order valence-electron chi connectivity index (χ4n) is 1.68. The van der Waals surface area contributed by atoms with Gasteiger partial charge in [-0.05, 0) is 18.1 Å². The van der Waals surface area contributed by atoms with Crippen molar-refractivity contribution < 1.29 is 0 Å². The Labute approximate surface area is 103 Å². The van der Waals surface area contributed by atoms with Crippen LogP contribution in [0.25, 0.3) is 0 Å². The van der Waals surface area contributed by atoms with Crippen molar-refractivity contribution in [2.75, 3.05) is 0 Å². The molecule has 0 bridgehead atoms.